The van der Waals surface area contributed by atoms with E-state index in [9.17, 15) is 4.79 Å². The number of amides is 1. The maximum atomic E-state index is 10.7. The first kappa shape index (κ1) is 11.4. The van der Waals surface area contributed by atoms with E-state index in [1.165, 1.54) is 0 Å². The molecule has 0 aliphatic rings. The van der Waals surface area contributed by atoms with Crippen LogP contribution in [0.1, 0.15) is 20.3 Å². The zero-order valence-corrected chi connectivity index (χ0v) is 7.80. The fraction of sp³-hybridized carbons (Fsp3) is 0.875. The highest BCUT2D eigenvalue weighted by Crippen LogP contribution is 1.95. The Balaban J connectivity index is 3.38. The Hall–Kier alpha value is -0.610. The molecule has 0 aromatic rings. The topological polar surface area (TPSA) is 64.3 Å². The van der Waals surface area contributed by atoms with E-state index < -0.39 is 6.10 Å². The number of hydrogen-bond acceptors (Lipinski definition) is 3. The number of hydrogen-bond donors (Lipinski definition) is 2. The zero-order chi connectivity index (χ0) is 9.40. The van der Waals surface area contributed by atoms with Crippen molar-refractivity contribution in [3.8, 4) is 0 Å². The summed E-state index contributed by atoms with van der Waals surface area (Å²) >= 11 is 0. The number of carbonyl (C=O) groups excluding carboxylic acids is 1. The van der Waals surface area contributed by atoms with Crippen LogP contribution in [0.3, 0.4) is 0 Å². The molecule has 1 atom stereocenters. The second-order valence-electron chi connectivity index (χ2n) is 2.52. The summed E-state index contributed by atoms with van der Waals surface area (Å²) < 4.78 is 5.22. The van der Waals surface area contributed by atoms with Crippen molar-refractivity contribution in [3.63, 3.8) is 0 Å². The first-order valence-electron chi connectivity index (χ1n) is 4.34. The van der Waals surface area contributed by atoms with Crippen molar-refractivity contribution in [1.82, 2.24) is 5.32 Å². The van der Waals surface area contributed by atoms with Crippen molar-refractivity contribution < 1.29 is 9.53 Å². The minimum atomic E-state index is -0.427. The molecule has 0 fully saturated rings. The van der Waals surface area contributed by atoms with Gasteiger partial charge in [-0.05, 0) is 13.0 Å². The van der Waals surface area contributed by atoms with Crippen LogP contribution in [0.2, 0.25) is 0 Å². The van der Waals surface area contributed by atoms with Gasteiger partial charge in [0.05, 0.1) is 6.61 Å². The molecule has 0 aromatic carbocycles. The van der Waals surface area contributed by atoms with Gasteiger partial charge in [-0.1, -0.05) is 13.8 Å². The van der Waals surface area contributed by atoms with E-state index in [2.05, 4.69) is 5.32 Å². The van der Waals surface area contributed by atoms with Crippen molar-refractivity contribution in [2.75, 3.05) is 19.7 Å². The number of primary amides is 1. The van der Waals surface area contributed by atoms with Gasteiger partial charge >= 0.3 is 0 Å². The summed E-state index contributed by atoms with van der Waals surface area (Å²) in [6.07, 6.45) is 0.213. The highest BCUT2D eigenvalue weighted by Gasteiger charge is 2.11. The molecule has 0 saturated carbocycles. The smallest absolute Gasteiger partial charge is 0.246 e. The molecule has 0 aromatic heterocycles. The number of rotatable bonds is 7. The van der Waals surface area contributed by atoms with Crippen LogP contribution in [0.15, 0.2) is 0 Å². The minimum Gasteiger partial charge on any atom is -0.367 e. The van der Waals surface area contributed by atoms with Crippen molar-refractivity contribution in [3.05, 3.63) is 0 Å². The third-order valence-corrected chi connectivity index (χ3v) is 1.54. The molecule has 3 N–H and O–H groups in total. The highest BCUT2D eigenvalue weighted by atomic mass is 16.5. The van der Waals surface area contributed by atoms with Gasteiger partial charge in [0.15, 0.2) is 0 Å². The molecule has 4 heteroatoms. The molecule has 0 aliphatic heterocycles. The molecule has 0 heterocycles. The van der Waals surface area contributed by atoms with Gasteiger partial charge in [-0.3, -0.25) is 4.79 Å². The van der Waals surface area contributed by atoms with E-state index in [4.69, 9.17) is 10.5 Å². The summed E-state index contributed by atoms with van der Waals surface area (Å²) in [4.78, 5) is 10.7. The van der Waals surface area contributed by atoms with Crippen molar-refractivity contribution in [2.45, 2.75) is 26.4 Å². The Kier molecular flexibility index (Phi) is 6.70. The van der Waals surface area contributed by atoms with Crippen LogP contribution >= 0.6 is 0 Å². The zero-order valence-electron chi connectivity index (χ0n) is 7.80. The van der Waals surface area contributed by atoms with Crippen LogP contribution < -0.4 is 11.1 Å². The lowest BCUT2D eigenvalue weighted by Crippen LogP contribution is -2.32. The normalized spacial score (nSPS) is 12.8. The van der Waals surface area contributed by atoms with E-state index in [0.29, 0.717) is 13.0 Å². The average molecular weight is 174 g/mol. The van der Waals surface area contributed by atoms with Gasteiger partial charge in [-0.2, -0.15) is 0 Å². The SMILES string of the molecule is CCNCCOC(CC)C(N)=O. The van der Waals surface area contributed by atoms with Crippen molar-refractivity contribution >= 4 is 5.91 Å². The Labute approximate surface area is 73.5 Å². The molecule has 12 heavy (non-hydrogen) atoms. The Morgan fingerprint density at radius 2 is 2.25 bits per heavy atom. The molecule has 0 spiro atoms. The van der Waals surface area contributed by atoms with Gasteiger partial charge in [0.25, 0.3) is 0 Å². The standard InChI is InChI=1S/C8H18N2O2/c1-3-7(8(9)11)12-6-5-10-4-2/h7,10H,3-6H2,1-2H3,(H2,9,11). The quantitative estimate of drug-likeness (QED) is 0.529. The van der Waals surface area contributed by atoms with E-state index in [1.807, 2.05) is 13.8 Å². The van der Waals surface area contributed by atoms with E-state index in [0.717, 1.165) is 13.1 Å². The molecule has 0 radical (unpaired) electrons. The van der Waals surface area contributed by atoms with Gasteiger partial charge in [0.1, 0.15) is 6.10 Å². The van der Waals surface area contributed by atoms with Crippen LogP contribution in [0.4, 0.5) is 0 Å². The summed E-state index contributed by atoms with van der Waals surface area (Å²) in [6.45, 7) is 6.11. The van der Waals surface area contributed by atoms with Crippen LogP contribution in [0.25, 0.3) is 0 Å². The first-order chi connectivity index (χ1) is 5.72. The van der Waals surface area contributed by atoms with Gasteiger partial charge in [0.2, 0.25) is 5.91 Å². The second-order valence-corrected chi connectivity index (χ2v) is 2.52. The molecule has 0 rings (SSSR count). The molecule has 4 nitrogen and oxygen atoms in total. The van der Waals surface area contributed by atoms with Crippen LogP contribution in [-0.2, 0) is 9.53 Å². The number of carbonyl (C=O) groups is 1. The predicted molar refractivity (Wildman–Crippen MR) is 47.8 cm³/mol. The number of likely N-dealkylation sites (N-methyl/N-ethyl adjacent to an activating group) is 1. The third kappa shape index (κ3) is 5.09. The lowest BCUT2D eigenvalue weighted by Gasteiger charge is -2.11. The van der Waals surface area contributed by atoms with Crippen molar-refractivity contribution in [1.29, 1.82) is 0 Å². The summed E-state index contributed by atoms with van der Waals surface area (Å²) in [6, 6.07) is 0. The number of ether oxygens (including phenoxy) is 1. The highest BCUT2D eigenvalue weighted by molar-refractivity contribution is 5.78. The monoisotopic (exact) mass is 174 g/mol. The van der Waals surface area contributed by atoms with E-state index in [1.54, 1.807) is 0 Å². The van der Waals surface area contributed by atoms with Crippen LogP contribution in [-0.4, -0.2) is 31.7 Å². The maximum Gasteiger partial charge on any atom is 0.246 e. The first-order valence-corrected chi connectivity index (χ1v) is 4.34. The Bertz CT molecular complexity index is 128. The molecule has 72 valence electrons. The van der Waals surface area contributed by atoms with E-state index >= 15 is 0 Å². The third-order valence-electron chi connectivity index (χ3n) is 1.54. The van der Waals surface area contributed by atoms with Crippen LogP contribution in [0.5, 0.6) is 0 Å². The number of nitrogens with one attached hydrogen (secondary N) is 1. The second kappa shape index (κ2) is 7.06. The van der Waals surface area contributed by atoms with Gasteiger partial charge in [-0.25, -0.2) is 0 Å². The summed E-state index contributed by atoms with van der Waals surface area (Å²) in [5.41, 5.74) is 5.08. The lowest BCUT2D eigenvalue weighted by atomic mass is 10.3. The summed E-state index contributed by atoms with van der Waals surface area (Å²) in [5, 5.41) is 3.09. The summed E-state index contributed by atoms with van der Waals surface area (Å²) in [7, 11) is 0. The largest absolute Gasteiger partial charge is 0.367 e. The molecular formula is C8H18N2O2. The van der Waals surface area contributed by atoms with Crippen LogP contribution in [0, 0.1) is 0 Å². The fourth-order valence-corrected chi connectivity index (χ4v) is 0.851. The minimum absolute atomic E-state index is 0.381. The lowest BCUT2D eigenvalue weighted by molar-refractivity contribution is -0.129. The van der Waals surface area contributed by atoms with Gasteiger partial charge in [-0.15, -0.1) is 0 Å². The molecular weight excluding hydrogens is 156 g/mol. The predicted octanol–water partition coefficient (Wildman–Crippen LogP) is -0.124. The average Bonchev–Trinajstić information content (AvgIpc) is 2.04. The maximum absolute atomic E-state index is 10.7. The molecule has 0 saturated heterocycles. The fourth-order valence-electron chi connectivity index (χ4n) is 0.851. The molecule has 1 unspecified atom stereocenters. The Morgan fingerprint density at radius 3 is 2.67 bits per heavy atom. The molecule has 0 bridgehead atoms. The van der Waals surface area contributed by atoms with Crippen molar-refractivity contribution in [2.24, 2.45) is 5.73 Å². The Morgan fingerprint density at radius 1 is 1.58 bits per heavy atom. The molecule has 0 aliphatic carbocycles. The van der Waals surface area contributed by atoms with E-state index in [-0.39, 0.29) is 5.91 Å². The van der Waals surface area contributed by atoms with Gasteiger partial charge < -0.3 is 15.8 Å². The summed E-state index contributed by atoms with van der Waals surface area (Å²) in [5.74, 6) is -0.381. The molecule has 1 amide bonds. The number of nitrogens with two attached hydrogens (primary N) is 1. The van der Waals surface area contributed by atoms with Gasteiger partial charge in [0, 0.05) is 6.54 Å².